The number of hydrogen-bond acceptors (Lipinski definition) is 5. The zero-order valence-electron chi connectivity index (χ0n) is 21.9. The minimum absolute atomic E-state index is 0.0714. The van der Waals surface area contributed by atoms with E-state index in [1.54, 1.807) is 11.8 Å². The van der Waals surface area contributed by atoms with E-state index < -0.39 is 5.97 Å². The van der Waals surface area contributed by atoms with Gasteiger partial charge in [-0.3, -0.25) is 9.59 Å². The first-order valence-electron chi connectivity index (χ1n) is 12.9. The smallest absolute Gasteiger partial charge is 0.309 e. The van der Waals surface area contributed by atoms with Gasteiger partial charge in [0, 0.05) is 24.1 Å². The topological polar surface area (TPSA) is 82.4 Å². The number of aromatic nitrogens is 2. The van der Waals surface area contributed by atoms with Crippen molar-refractivity contribution in [1.29, 1.82) is 0 Å². The van der Waals surface area contributed by atoms with Gasteiger partial charge in [-0.1, -0.05) is 43.2 Å². The fourth-order valence-corrected chi connectivity index (χ4v) is 4.96. The number of rotatable bonds is 7. The standard InChI is InChI=1S/C31H31N3O4/c1-20-8-4-7-11-27(20)34-31(38-21(2)35)28(29(33-34)23-14-18-26(37-3)19-15-23)22-12-16-25(17-13-22)32-30(36)24-9-5-6-10-24/h4,7-8,11-19,24H,5-6,9-10H2,1-3H3,(H,32,36). The van der Waals surface area contributed by atoms with Gasteiger partial charge in [0.25, 0.3) is 0 Å². The molecule has 1 fully saturated rings. The second-order valence-corrected chi connectivity index (χ2v) is 9.60. The lowest BCUT2D eigenvalue weighted by molar-refractivity contribution is -0.132. The van der Waals surface area contributed by atoms with Crippen molar-refractivity contribution in [2.24, 2.45) is 5.92 Å². The van der Waals surface area contributed by atoms with Crippen LogP contribution in [-0.4, -0.2) is 28.8 Å². The molecule has 0 spiro atoms. The number of hydrogen-bond donors (Lipinski definition) is 1. The molecule has 5 rings (SSSR count). The predicted octanol–water partition coefficient (Wildman–Crippen LogP) is 6.58. The van der Waals surface area contributed by atoms with Crippen LogP contribution in [0.4, 0.5) is 5.69 Å². The Morgan fingerprint density at radius 2 is 1.58 bits per heavy atom. The van der Waals surface area contributed by atoms with Crippen molar-refractivity contribution in [3.8, 4) is 39.7 Å². The lowest BCUT2D eigenvalue weighted by Gasteiger charge is -2.12. The molecular formula is C31H31N3O4. The van der Waals surface area contributed by atoms with Gasteiger partial charge in [0.2, 0.25) is 11.8 Å². The Morgan fingerprint density at radius 3 is 2.21 bits per heavy atom. The van der Waals surface area contributed by atoms with Gasteiger partial charge in [0.1, 0.15) is 11.4 Å². The number of esters is 1. The molecule has 3 aromatic carbocycles. The molecule has 1 N–H and O–H groups in total. The lowest BCUT2D eigenvalue weighted by atomic mass is 10.0. The summed E-state index contributed by atoms with van der Waals surface area (Å²) in [4.78, 5) is 24.9. The number of amides is 1. The molecule has 7 nitrogen and oxygen atoms in total. The monoisotopic (exact) mass is 509 g/mol. The molecule has 0 aliphatic heterocycles. The molecule has 0 unspecified atom stereocenters. The Hall–Kier alpha value is -4.39. The van der Waals surface area contributed by atoms with Gasteiger partial charge in [0.15, 0.2) is 0 Å². The largest absolute Gasteiger partial charge is 0.497 e. The highest BCUT2D eigenvalue weighted by Gasteiger charge is 2.26. The van der Waals surface area contributed by atoms with E-state index >= 15 is 0 Å². The van der Waals surface area contributed by atoms with Crippen LogP contribution in [0.5, 0.6) is 11.6 Å². The molecular weight excluding hydrogens is 478 g/mol. The van der Waals surface area contributed by atoms with Crippen LogP contribution < -0.4 is 14.8 Å². The van der Waals surface area contributed by atoms with Gasteiger partial charge in [0.05, 0.1) is 18.4 Å². The van der Waals surface area contributed by atoms with Crippen molar-refractivity contribution in [1.82, 2.24) is 9.78 Å². The third kappa shape index (κ3) is 5.18. The number of methoxy groups -OCH3 is 1. The number of aryl methyl sites for hydroxylation is 1. The molecule has 1 aromatic heterocycles. The highest BCUT2D eigenvalue weighted by molar-refractivity contribution is 5.93. The van der Waals surface area contributed by atoms with E-state index in [1.807, 2.05) is 79.7 Å². The Bertz CT molecular complexity index is 1450. The molecule has 0 saturated heterocycles. The van der Waals surface area contributed by atoms with E-state index in [0.717, 1.165) is 59.5 Å². The molecule has 1 aliphatic carbocycles. The maximum absolute atomic E-state index is 12.6. The normalized spacial score (nSPS) is 13.3. The zero-order valence-corrected chi connectivity index (χ0v) is 21.9. The number of ether oxygens (including phenoxy) is 2. The molecule has 0 radical (unpaired) electrons. The summed E-state index contributed by atoms with van der Waals surface area (Å²) in [5.41, 5.74) is 5.53. The first-order chi connectivity index (χ1) is 18.4. The summed E-state index contributed by atoms with van der Waals surface area (Å²) in [7, 11) is 1.62. The number of para-hydroxylation sites is 1. The summed E-state index contributed by atoms with van der Waals surface area (Å²) in [5, 5.41) is 8.00. The minimum Gasteiger partial charge on any atom is -0.497 e. The fraction of sp³-hybridized carbons (Fsp3) is 0.258. The number of nitrogens with zero attached hydrogens (tertiary/aromatic N) is 2. The van der Waals surface area contributed by atoms with Crippen molar-refractivity contribution in [2.45, 2.75) is 39.5 Å². The van der Waals surface area contributed by atoms with Crippen LogP contribution in [-0.2, 0) is 9.59 Å². The highest BCUT2D eigenvalue weighted by Crippen LogP contribution is 2.42. The highest BCUT2D eigenvalue weighted by atomic mass is 16.5. The molecule has 38 heavy (non-hydrogen) atoms. The molecule has 0 bridgehead atoms. The van der Waals surface area contributed by atoms with Crippen LogP contribution in [0.25, 0.3) is 28.1 Å². The number of carbonyl (C=O) groups excluding carboxylic acids is 2. The summed E-state index contributed by atoms with van der Waals surface area (Å²) in [6.07, 6.45) is 4.10. The van der Waals surface area contributed by atoms with Crippen LogP contribution in [0.3, 0.4) is 0 Å². The van der Waals surface area contributed by atoms with Gasteiger partial charge in [-0.05, 0) is 73.4 Å². The van der Waals surface area contributed by atoms with E-state index in [2.05, 4.69) is 5.32 Å². The molecule has 1 saturated carbocycles. The van der Waals surface area contributed by atoms with Gasteiger partial charge in [-0.2, -0.15) is 9.78 Å². The second kappa shape index (κ2) is 10.9. The minimum atomic E-state index is -0.442. The maximum Gasteiger partial charge on any atom is 0.309 e. The van der Waals surface area contributed by atoms with Crippen molar-refractivity contribution in [2.75, 3.05) is 12.4 Å². The molecule has 194 valence electrons. The molecule has 7 heteroatoms. The maximum atomic E-state index is 12.6. The molecule has 0 atom stereocenters. The first kappa shape index (κ1) is 25.3. The average molecular weight is 510 g/mol. The number of carbonyl (C=O) groups is 2. The van der Waals surface area contributed by atoms with Gasteiger partial charge in [-0.15, -0.1) is 0 Å². The van der Waals surface area contributed by atoms with Crippen molar-refractivity contribution in [3.05, 3.63) is 78.4 Å². The van der Waals surface area contributed by atoms with Crippen molar-refractivity contribution in [3.63, 3.8) is 0 Å². The first-order valence-corrected chi connectivity index (χ1v) is 12.9. The summed E-state index contributed by atoms with van der Waals surface area (Å²) < 4.78 is 12.8. The van der Waals surface area contributed by atoms with E-state index in [0.29, 0.717) is 17.1 Å². The Kier molecular flexibility index (Phi) is 7.26. The lowest BCUT2D eigenvalue weighted by Crippen LogP contribution is -2.20. The SMILES string of the molecule is COc1ccc(-c2nn(-c3ccccc3C)c(OC(C)=O)c2-c2ccc(NC(=O)C3CCCC3)cc2)cc1. The molecule has 1 aliphatic rings. The Labute approximate surface area is 222 Å². The molecule has 1 amide bonds. The van der Waals surface area contributed by atoms with E-state index in [9.17, 15) is 9.59 Å². The summed E-state index contributed by atoms with van der Waals surface area (Å²) in [5.74, 6) is 0.778. The average Bonchev–Trinajstić information content (AvgIpc) is 3.58. The van der Waals surface area contributed by atoms with Crippen LogP contribution in [0.15, 0.2) is 72.8 Å². The van der Waals surface area contributed by atoms with Crippen LogP contribution in [0.1, 0.15) is 38.2 Å². The Morgan fingerprint density at radius 1 is 0.921 bits per heavy atom. The number of nitrogens with one attached hydrogen (secondary N) is 1. The van der Waals surface area contributed by atoms with E-state index in [-0.39, 0.29) is 11.8 Å². The number of anilines is 1. The summed E-state index contributed by atoms with van der Waals surface area (Å²) in [6.45, 7) is 3.37. The quantitative estimate of drug-likeness (QED) is 0.285. The van der Waals surface area contributed by atoms with Crippen molar-refractivity contribution >= 4 is 17.6 Å². The molecule has 1 heterocycles. The van der Waals surface area contributed by atoms with Gasteiger partial charge in [-0.25, -0.2) is 0 Å². The van der Waals surface area contributed by atoms with Crippen LogP contribution in [0.2, 0.25) is 0 Å². The van der Waals surface area contributed by atoms with Gasteiger partial charge >= 0.3 is 5.97 Å². The fourth-order valence-electron chi connectivity index (χ4n) is 4.96. The third-order valence-corrected chi connectivity index (χ3v) is 6.96. The second-order valence-electron chi connectivity index (χ2n) is 9.60. The third-order valence-electron chi connectivity index (χ3n) is 6.96. The summed E-state index contributed by atoms with van der Waals surface area (Å²) in [6, 6.07) is 23.0. The zero-order chi connectivity index (χ0) is 26.6. The molecule has 4 aromatic rings. The van der Waals surface area contributed by atoms with Crippen LogP contribution >= 0.6 is 0 Å². The predicted molar refractivity (Wildman–Crippen MR) is 148 cm³/mol. The Balaban J connectivity index is 1.62. The van der Waals surface area contributed by atoms with Crippen LogP contribution in [0, 0.1) is 12.8 Å². The summed E-state index contributed by atoms with van der Waals surface area (Å²) >= 11 is 0. The van der Waals surface area contributed by atoms with E-state index in [1.165, 1.54) is 6.92 Å². The van der Waals surface area contributed by atoms with Crippen molar-refractivity contribution < 1.29 is 19.1 Å². The number of benzene rings is 3. The van der Waals surface area contributed by atoms with Gasteiger partial charge < -0.3 is 14.8 Å². The van der Waals surface area contributed by atoms with E-state index in [4.69, 9.17) is 14.6 Å².